The van der Waals surface area contributed by atoms with E-state index in [1.807, 2.05) is 13.1 Å². The molecule has 1 aliphatic heterocycles. The predicted molar refractivity (Wildman–Crippen MR) is 67.7 cm³/mol. The molecule has 1 fully saturated rings. The Morgan fingerprint density at radius 1 is 1.69 bits per heavy atom. The van der Waals surface area contributed by atoms with Crippen molar-refractivity contribution >= 4 is 21.7 Å². The Labute approximate surface area is 104 Å². The highest BCUT2D eigenvalue weighted by molar-refractivity contribution is 9.10. The molecular formula is C11H16BrN3O. The monoisotopic (exact) mass is 285 g/mol. The van der Waals surface area contributed by atoms with E-state index >= 15 is 0 Å². The Hall–Kier alpha value is -0.650. The molecule has 16 heavy (non-hydrogen) atoms. The van der Waals surface area contributed by atoms with Crippen molar-refractivity contribution in [2.45, 2.75) is 13.0 Å². The maximum absolute atomic E-state index is 5.75. The van der Waals surface area contributed by atoms with E-state index in [0.717, 1.165) is 29.0 Å². The molecule has 0 radical (unpaired) electrons. The molecule has 4 nitrogen and oxygen atoms in total. The molecule has 1 saturated heterocycles. The molecule has 0 aromatic carbocycles. The molecule has 1 unspecified atom stereocenters. The van der Waals surface area contributed by atoms with E-state index in [1.165, 1.54) is 0 Å². The van der Waals surface area contributed by atoms with Crippen molar-refractivity contribution in [1.82, 2.24) is 4.98 Å². The van der Waals surface area contributed by atoms with Crippen LogP contribution in [0.5, 0.6) is 0 Å². The van der Waals surface area contributed by atoms with Crippen LogP contribution in [0.25, 0.3) is 0 Å². The zero-order chi connectivity index (χ0) is 11.5. The van der Waals surface area contributed by atoms with Gasteiger partial charge in [0.1, 0.15) is 5.82 Å². The normalized spacial score (nSPS) is 21.2. The highest BCUT2D eigenvalue weighted by Gasteiger charge is 2.24. The lowest BCUT2D eigenvalue weighted by Crippen LogP contribution is -2.50. The number of rotatable bonds is 2. The molecule has 2 N–H and O–H groups in total. The summed E-state index contributed by atoms with van der Waals surface area (Å²) in [6, 6.07) is 2.30. The van der Waals surface area contributed by atoms with Gasteiger partial charge in [0.05, 0.1) is 23.7 Å². The molecule has 2 rings (SSSR count). The summed E-state index contributed by atoms with van der Waals surface area (Å²) in [4.78, 5) is 6.68. The molecule has 0 saturated carbocycles. The summed E-state index contributed by atoms with van der Waals surface area (Å²) >= 11 is 3.55. The van der Waals surface area contributed by atoms with Crippen molar-refractivity contribution in [2.75, 3.05) is 31.2 Å². The minimum absolute atomic E-state index is 0.222. The van der Waals surface area contributed by atoms with Crippen LogP contribution in [0, 0.1) is 6.92 Å². The van der Waals surface area contributed by atoms with E-state index in [9.17, 15) is 0 Å². The summed E-state index contributed by atoms with van der Waals surface area (Å²) in [6.45, 7) is 4.87. The van der Waals surface area contributed by atoms with Gasteiger partial charge in [0.2, 0.25) is 0 Å². The van der Waals surface area contributed by atoms with Crippen LogP contribution in [-0.2, 0) is 4.74 Å². The minimum atomic E-state index is 0.222. The van der Waals surface area contributed by atoms with Crippen LogP contribution in [0.15, 0.2) is 16.7 Å². The summed E-state index contributed by atoms with van der Waals surface area (Å²) in [5.74, 6) is 0.962. The molecule has 1 aliphatic rings. The molecule has 1 atom stereocenters. The summed E-state index contributed by atoms with van der Waals surface area (Å²) in [5, 5.41) is 0. The Morgan fingerprint density at radius 2 is 2.50 bits per heavy atom. The summed E-state index contributed by atoms with van der Waals surface area (Å²) < 4.78 is 6.44. The van der Waals surface area contributed by atoms with Gasteiger partial charge in [0.25, 0.3) is 0 Å². The highest BCUT2D eigenvalue weighted by Crippen LogP contribution is 2.26. The quantitative estimate of drug-likeness (QED) is 0.891. The van der Waals surface area contributed by atoms with Crippen molar-refractivity contribution in [2.24, 2.45) is 5.73 Å². The standard InChI is InChI=1S/C11H16BrN3O/c1-8-4-10(12)11(14-6-8)15-2-3-16-7-9(15)5-13/h4,6,9H,2-3,5,7,13H2,1H3. The smallest absolute Gasteiger partial charge is 0.143 e. The topological polar surface area (TPSA) is 51.4 Å². The fraction of sp³-hybridized carbons (Fsp3) is 0.545. The number of hydrogen-bond acceptors (Lipinski definition) is 4. The van der Waals surface area contributed by atoms with Crippen LogP contribution in [0.3, 0.4) is 0 Å². The second-order valence-corrected chi connectivity index (χ2v) is 4.83. The van der Waals surface area contributed by atoms with Crippen LogP contribution in [0.2, 0.25) is 0 Å². The van der Waals surface area contributed by atoms with E-state index in [0.29, 0.717) is 13.2 Å². The first-order valence-corrected chi connectivity index (χ1v) is 6.18. The molecule has 0 amide bonds. The van der Waals surface area contributed by atoms with E-state index in [2.05, 4.69) is 31.9 Å². The second kappa shape index (κ2) is 5.12. The number of pyridine rings is 1. The van der Waals surface area contributed by atoms with Crippen LogP contribution in [0.4, 0.5) is 5.82 Å². The fourth-order valence-electron chi connectivity index (χ4n) is 1.87. The van der Waals surface area contributed by atoms with Crippen molar-refractivity contribution in [3.8, 4) is 0 Å². The van der Waals surface area contributed by atoms with E-state index < -0.39 is 0 Å². The van der Waals surface area contributed by atoms with Crippen molar-refractivity contribution in [1.29, 1.82) is 0 Å². The first-order chi connectivity index (χ1) is 7.72. The maximum Gasteiger partial charge on any atom is 0.143 e. The van der Waals surface area contributed by atoms with Gasteiger partial charge in [-0.3, -0.25) is 0 Å². The van der Waals surface area contributed by atoms with Gasteiger partial charge >= 0.3 is 0 Å². The molecule has 2 heterocycles. The van der Waals surface area contributed by atoms with Crippen molar-refractivity contribution in [3.63, 3.8) is 0 Å². The molecule has 0 spiro atoms. The number of ether oxygens (including phenoxy) is 1. The Kier molecular flexibility index (Phi) is 3.78. The van der Waals surface area contributed by atoms with Gasteiger partial charge in [-0.25, -0.2) is 4.98 Å². The van der Waals surface area contributed by atoms with Crippen LogP contribution in [-0.4, -0.2) is 37.3 Å². The van der Waals surface area contributed by atoms with Gasteiger partial charge in [-0.05, 0) is 34.5 Å². The molecular weight excluding hydrogens is 270 g/mol. The summed E-state index contributed by atoms with van der Waals surface area (Å²) in [7, 11) is 0. The minimum Gasteiger partial charge on any atom is -0.377 e. The zero-order valence-electron chi connectivity index (χ0n) is 9.32. The van der Waals surface area contributed by atoms with Crippen LogP contribution >= 0.6 is 15.9 Å². The first-order valence-electron chi connectivity index (χ1n) is 5.39. The third kappa shape index (κ3) is 2.36. The van der Waals surface area contributed by atoms with Gasteiger partial charge < -0.3 is 15.4 Å². The second-order valence-electron chi connectivity index (χ2n) is 3.98. The largest absolute Gasteiger partial charge is 0.377 e. The van der Waals surface area contributed by atoms with E-state index in [-0.39, 0.29) is 6.04 Å². The number of nitrogens with two attached hydrogens (primary N) is 1. The Morgan fingerprint density at radius 3 is 3.19 bits per heavy atom. The van der Waals surface area contributed by atoms with E-state index in [4.69, 9.17) is 10.5 Å². The number of halogens is 1. The lowest BCUT2D eigenvalue weighted by Gasteiger charge is -2.36. The zero-order valence-corrected chi connectivity index (χ0v) is 10.9. The lowest BCUT2D eigenvalue weighted by molar-refractivity contribution is 0.0958. The number of hydrogen-bond donors (Lipinski definition) is 1. The third-order valence-electron chi connectivity index (χ3n) is 2.73. The Bertz CT molecular complexity index is 372. The van der Waals surface area contributed by atoms with Crippen LogP contribution < -0.4 is 10.6 Å². The lowest BCUT2D eigenvalue weighted by atomic mass is 10.2. The molecule has 1 aromatic rings. The van der Waals surface area contributed by atoms with Gasteiger partial charge in [0.15, 0.2) is 0 Å². The molecule has 1 aromatic heterocycles. The average Bonchev–Trinajstić information content (AvgIpc) is 2.29. The van der Waals surface area contributed by atoms with Crippen molar-refractivity contribution < 1.29 is 4.74 Å². The summed E-state index contributed by atoms with van der Waals surface area (Å²) in [6.07, 6.45) is 1.88. The molecule has 0 aliphatic carbocycles. The first kappa shape index (κ1) is 11.8. The van der Waals surface area contributed by atoms with Gasteiger partial charge in [-0.1, -0.05) is 0 Å². The predicted octanol–water partition coefficient (Wildman–Crippen LogP) is 1.32. The van der Waals surface area contributed by atoms with Crippen LogP contribution in [0.1, 0.15) is 5.56 Å². The number of aryl methyl sites for hydroxylation is 1. The van der Waals surface area contributed by atoms with Gasteiger partial charge in [-0.2, -0.15) is 0 Å². The molecule has 5 heteroatoms. The van der Waals surface area contributed by atoms with Gasteiger partial charge in [-0.15, -0.1) is 0 Å². The fourth-order valence-corrected chi connectivity index (χ4v) is 2.56. The number of nitrogens with zero attached hydrogens (tertiary/aromatic N) is 2. The average molecular weight is 286 g/mol. The van der Waals surface area contributed by atoms with E-state index in [1.54, 1.807) is 0 Å². The Balaban J connectivity index is 2.27. The van der Waals surface area contributed by atoms with Crippen molar-refractivity contribution in [3.05, 3.63) is 22.3 Å². The number of aromatic nitrogens is 1. The summed E-state index contributed by atoms with van der Waals surface area (Å²) in [5.41, 5.74) is 6.89. The number of anilines is 1. The maximum atomic E-state index is 5.75. The molecule has 0 bridgehead atoms. The van der Waals surface area contributed by atoms with Gasteiger partial charge in [0, 0.05) is 19.3 Å². The number of morpholine rings is 1. The SMILES string of the molecule is Cc1cnc(N2CCOCC2CN)c(Br)c1. The highest BCUT2D eigenvalue weighted by atomic mass is 79.9. The third-order valence-corrected chi connectivity index (χ3v) is 3.31. The molecule has 88 valence electrons.